The summed E-state index contributed by atoms with van der Waals surface area (Å²) in [5, 5.41) is 0. The van der Waals surface area contributed by atoms with Crippen molar-refractivity contribution in [3.05, 3.63) is 28.8 Å². The Balaban J connectivity index is 3.39. The number of hydrogen-bond acceptors (Lipinski definition) is 1. The van der Waals surface area contributed by atoms with Gasteiger partial charge in [0.25, 0.3) is 0 Å². The van der Waals surface area contributed by atoms with Crippen molar-refractivity contribution in [2.45, 2.75) is 44.9 Å². The van der Waals surface area contributed by atoms with E-state index in [2.05, 4.69) is 6.92 Å². The summed E-state index contributed by atoms with van der Waals surface area (Å²) >= 11 is -1.86. The van der Waals surface area contributed by atoms with Crippen LogP contribution >= 0.6 is 0 Å². The van der Waals surface area contributed by atoms with Crippen LogP contribution in [0.2, 0.25) is 0 Å². The molecule has 1 aromatic carbocycles. The molecular weight excluding hydrogens is 208 g/mol. The molecule has 0 fully saturated rings. The number of hydrogen-bond donors (Lipinski definition) is 1. The minimum atomic E-state index is -1.86. The van der Waals surface area contributed by atoms with E-state index in [4.69, 9.17) is 0 Å². The van der Waals surface area contributed by atoms with E-state index in [0.29, 0.717) is 4.90 Å². The molecule has 3 heteroatoms. The third-order valence-electron chi connectivity index (χ3n) is 2.65. The fourth-order valence-corrected chi connectivity index (χ4v) is 2.64. The summed E-state index contributed by atoms with van der Waals surface area (Å²) in [5.74, 6) is 0. The molecule has 1 unspecified atom stereocenters. The Labute approximate surface area is 94.0 Å². The third kappa shape index (κ3) is 2.67. The van der Waals surface area contributed by atoms with Crippen LogP contribution in [0, 0.1) is 0 Å². The van der Waals surface area contributed by atoms with Crippen LogP contribution in [-0.2, 0) is 30.3 Å². The van der Waals surface area contributed by atoms with Crippen LogP contribution in [-0.4, -0.2) is 8.76 Å². The van der Waals surface area contributed by atoms with Gasteiger partial charge >= 0.3 is 0 Å². The zero-order valence-corrected chi connectivity index (χ0v) is 10.4. The maximum absolute atomic E-state index is 11.3. The van der Waals surface area contributed by atoms with Crippen LogP contribution in [0.3, 0.4) is 0 Å². The molecule has 0 aliphatic rings. The molecule has 0 radical (unpaired) electrons. The van der Waals surface area contributed by atoms with Gasteiger partial charge in [-0.25, -0.2) is 4.21 Å². The van der Waals surface area contributed by atoms with Crippen molar-refractivity contribution in [1.29, 1.82) is 0 Å². The van der Waals surface area contributed by atoms with Crippen LogP contribution in [0.25, 0.3) is 0 Å². The number of aryl methyl sites for hydroxylation is 3. The Morgan fingerprint density at radius 3 is 1.80 bits per heavy atom. The highest BCUT2D eigenvalue weighted by Crippen LogP contribution is 2.22. The molecule has 0 amide bonds. The van der Waals surface area contributed by atoms with Crippen molar-refractivity contribution < 1.29 is 8.76 Å². The molecule has 0 aliphatic carbocycles. The molecule has 0 heterocycles. The first-order valence-electron chi connectivity index (χ1n) is 5.39. The maximum atomic E-state index is 11.3. The Kier molecular flexibility index (Phi) is 4.48. The fraction of sp³-hybridized carbons (Fsp3) is 0.500. The van der Waals surface area contributed by atoms with E-state index >= 15 is 0 Å². The molecule has 1 aromatic rings. The molecule has 0 saturated heterocycles. The highest BCUT2D eigenvalue weighted by Gasteiger charge is 2.12. The Morgan fingerprint density at radius 1 is 1.07 bits per heavy atom. The van der Waals surface area contributed by atoms with Gasteiger partial charge in [0, 0.05) is 0 Å². The zero-order valence-electron chi connectivity index (χ0n) is 9.54. The van der Waals surface area contributed by atoms with E-state index in [1.54, 1.807) is 0 Å². The summed E-state index contributed by atoms with van der Waals surface area (Å²) in [7, 11) is 0. The summed E-state index contributed by atoms with van der Waals surface area (Å²) < 4.78 is 20.6. The van der Waals surface area contributed by atoms with E-state index in [0.717, 1.165) is 30.4 Å². The lowest BCUT2D eigenvalue weighted by atomic mass is 10.0. The largest absolute Gasteiger partial charge is 0.302 e. The second-order valence-corrected chi connectivity index (χ2v) is 4.46. The van der Waals surface area contributed by atoms with Gasteiger partial charge in [0.05, 0.1) is 4.90 Å². The van der Waals surface area contributed by atoms with Gasteiger partial charge in [0.2, 0.25) is 0 Å². The molecule has 0 bridgehead atoms. The van der Waals surface area contributed by atoms with Crippen molar-refractivity contribution >= 4 is 11.1 Å². The number of benzene rings is 1. The summed E-state index contributed by atoms with van der Waals surface area (Å²) in [6, 6.07) is 4.09. The Morgan fingerprint density at radius 2 is 1.53 bits per heavy atom. The van der Waals surface area contributed by atoms with E-state index in [1.807, 2.05) is 26.0 Å². The molecule has 1 N–H and O–H groups in total. The molecular formula is C12H18O2S. The predicted molar refractivity (Wildman–Crippen MR) is 63.6 cm³/mol. The Bertz CT molecular complexity index is 347. The summed E-state index contributed by atoms with van der Waals surface area (Å²) in [6.07, 6.45) is 2.59. The van der Waals surface area contributed by atoms with Gasteiger partial charge in [0.1, 0.15) is 0 Å². The molecule has 1 rings (SSSR count). The van der Waals surface area contributed by atoms with Crippen molar-refractivity contribution in [2.75, 3.05) is 0 Å². The van der Waals surface area contributed by atoms with Crippen LogP contribution in [0.4, 0.5) is 0 Å². The van der Waals surface area contributed by atoms with Crippen molar-refractivity contribution in [3.8, 4) is 0 Å². The lowest BCUT2D eigenvalue weighted by Crippen LogP contribution is -2.03. The fourth-order valence-electron chi connectivity index (χ4n) is 1.78. The maximum Gasteiger partial charge on any atom is 0.187 e. The van der Waals surface area contributed by atoms with E-state index < -0.39 is 11.1 Å². The smallest absolute Gasteiger partial charge is 0.187 e. The quantitative estimate of drug-likeness (QED) is 0.801. The first kappa shape index (κ1) is 12.4. The predicted octanol–water partition coefficient (Wildman–Crippen LogP) is 2.95. The van der Waals surface area contributed by atoms with E-state index in [9.17, 15) is 8.76 Å². The molecule has 2 nitrogen and oxygen atoms in total. The van der Waals surface area contributed by atoms with Gasteiger partial charge in [-0.2, -0.15) is 0 Å². The average molecular weight is 226 g/mol. The minimum absolute atomic E-state index is 0.622. The molecule has 0 aliphatic heterocycles. The first-order valence-corrected chi connectivity index (χ1v) is 6.50. The average Bonchev–Trinajstić information content (AvgIpc) is 2.26. The second-order valence-electron chi connectivity index (χ2n) is 3.55. The van der Waals surface area contributed by atoms with Gasteiger partial charge in [-0.3, -0.25) is 0 Å². The molecule has 0 aromatic heterocycles. The standard InChI is InChI=1S/C12H18O2S/c1-4-9-7-10(5-2)12(15(13)14)11(6-3)8-9/h7-8H,4-6H2,1-3H3,(H,13,14). The summed E-state index contributed by atoms with van der Waals surface area (Å²) in [6.45, 7) is 6.14. The molecule has 1 atom stereocenters. The summed E-state index contributed by atoms with van der Waals surface area (Å²) in [4.78, 5) is 0.622. The van der Waals surface area contributed by atoms with Gasteiger partial charge < -0.3 is 4.55 Å². The van der Waals surface area contributed by atoms with Crippen molar-refractivity contribution in [2.24, 2.45) is 0 Å². The lowest BCUT2D eigenvalue weighted by Gasteiger charge is -2.12. The van der Waals surface area contributed by atoms with Crippen molar-refractivity contribution in [3.63, 3.8) is 0 Å². The van der Waals surface area contributed by atoms with Crippen molar-refractivity contribution in [1.82, 2.24) is 0 Å². The molecule has 0 saturated carbocycles. The SMILES string of the molecule is CCc1cc(CC)c(S(=O)O)c(CC)c1. The minimum Gasteiger partial charge on any atom is -0.302 e. The lowest BCUT2D eigenvalue weighted by molar-refractivity contribution is 0.562. The topological polar surface area (TPSA) is 37.3 Å². The van der Waals surface area contributed by atoms with Gasteiger partial charge in [-0.1, -0.05) is 32.9 Å². The van der Waals surface area contributed by atoms with Gasteiger partial charge in [-0.15, -0.1) is 0 Å². The van der Waals surface area contributed by atoms with Gasteiger partial charge in [0.15, 0.2) is 11.1 Å². The van der Waals surface area contributed by atoms with Crippen LogP contribution in [0.5, 0.6) is 0 Å². The summed E-state index contributed by atoms with van der Waals surface area (Å²) in [5.41, 5.74) is 3.26. The van der Waals surface area contributed by atoms with Crippen LogP contribution < -0.4 is 0 Å². The van der Waals surface area contributed by atoms with Crippen LogP contribution in [0.15, 0.2) is 17.0 Å². The normalized spacial score (nSPS) is 12.8. The first-order chi connectivity index (χ1) is 7.13. The third-order valence-corrected chi connectivity index (χ3v) is 3.52. The van der Waals surface area contributed by atoms with Gasteiger partial charge in [-0.05, 0) is 36.0 Å². The Hall–Kier alpha value is -0.670. The second kappa shape index (κ2) is 5.42. The van der Waals surface area contributed by atoms with E-state index in [-0.39, 0.29) is 0 Å². The highest BCUT2D eigenvalue weighted by molar-refractivity contribution is 7.79. The zero-order chi connectivity index (χ0) is 11.4. The number of rotatable bonds is 4. The molecule has 84 valence electrons. The molecule has 0 spiro atoms. The molecule has 15 heavy (non-hydrogen) atoms. The monoisotopic (exact) mass is 226 g/mol. The van der Waals surface area contributed by atoms with E-state index in [1.165, 1.54) is 5.56 Å². The highest BCUT2D eigenvalue weighted by atomic mass is 32.2. The van der Waals surface area contributed by atoms with Crippen LogP contribution in [0.1, 0.15) is 37.5 Å².